The molecule has 2 atom stereocenters. The van der Waals surface area contributed by atoms with Gasteiger partial charge in [0.1, 0.15) is 11.6 Å². The number of carbonyl (C=O) groups excluding carboxylic acids is 2. The molecule has 1 heterocycles. The molecule has 5 nitrogen and oxygen atoms in total. The number of nitrogens with zero attached hydrogens (tertiary/aromatic N) is 1. The number of rotatable bonds is 4. The zero-order valence-electron chi connectivity index (χ0n) is 15.4. The summed E-state index contributed by atoms with van der Waals surface area (Å²) < 4.78 is 10.6. The monoisotopic (exact) mass is 345 g/mol. The molecule has 0 N–H and O–H groups in total. The second-order valence-electron chi connectivity index (χ2n) is 7.07. The number of amides is 1. The van der Waals surface area contributed by atoms with Crippen LogP contribution in [0, 0.1) is 0 Å². The SMILES string of the molecule is CCOC(=O)[C@@H]1CC[C@@H](/C=C/c2ccccc2)N1C(=O)OC(C)(C)C. The Morgan fingerprint density at radius 3 is 2.48 bits per heavy atom. The van der Waals surface area contributed by atoms with Crippen LogP contribution in [0.3, 0.4) is 0 Å². The van der Waals surface area contributed by atoms with E-state index in [0.29, 0.717) is 19.4 Å². The van der Waals surface area contributed by atoms with Gasteiger partial charge in [-0.2, -0.15) is 0 Å². The Kier molecular flexibility index (Phi) is 6.23. The quantitative estimate of drug-likeness (QED) is 0.773. The van der Waals surface area contributed by atoms with Gasteiger partial charge in [-0.15, -0.1) is 0 Å². The number of esters is 1. The van der Waals surface area contributed by atoms with E-state index in [9.17, 15) is 9.59 Å². The van der Waals surface area contributed by atoms with Crippen LogP contribution in [0.1, 0.15) is 46.1 Å². The Bertz CT molecular complexity index is 618. The minimum atomic E-state index is -0.618. The molecule has 1 amide bonds. The minimum absolute atomic E-state index is 0.190. The highest BCUT2D eigenvalue weighted by atomic mass is 16.6. The molecule has 2 rings (SSSR count). The lowest BCUT2D eigenvalue weighted by molar-refractivity contribution is -0.148. The lowest BCUT2D eigenvalue weighted by Gasteiger charge is -2.30. The number of likely N-dealkylation sites (tertiary alicyclic amines) is 1. The molecule has 0 bridgehead atoms. The molecule has 5 heteroatoms. The summed E-state index contributed by atoms with van der Waals surface area (Å²) in [5.74, 6) is -0.371. The van der Waals surface area contributed by atoms with E-state index >= 15 is 0 Å². The normalized spacial score (nSPS) is 20.7. The second-order valence-corrected chi connectivity index (χ2v) is 7.07. The Morgan fingerprint density at radius 2 is 1.88 bits per heavy atom. The van der Waals surface area contributed by atoms with Gasteiger partial charge in [-0.1, -0.05) is 42.5 Å². The van der Waals surface area contributed by atoms with Crippen molar-refractivity contribution in [1.82, 2.24) is 4.90 Å². The van der Waals surface area contributed by atoms with Crippen LogP contribution in [0.2, 0.25) is 0 Å². The van der Waals surface area contributed by atoms with Crippen molar-refractivity contribution in [1.29, 1.82) is 0 Å². The van der Waals surface area contributed by atoms with Crippen molar-refractivity contribution in [2.75, 3.05) is 6.61 Å². The van der Waals surface area contributed by atoms with E-state index < -0.39 is 17.7 Å². The van der Waals surface area contributed by atoms with Gasteiger partial charge in [0.25, 0.3) is 0 Å². The van der Waals surface area contributed by atoms with Crippen molar-refractivity contribution in [3.8, 4) is 0 Å². The second kappa shape index (κ2) is 8.19. The summed E-state index contributed by atoms with van der Waals surface area (Å²) in [6, 6.07) is 9.07. The van der Waals surface area contributed by atoms with E-state index in [2.05, 4.69) is 0 Å². The first-order valence-corrected chi connectivity index (χ1v) is 8.73. The fraction of sp³-hybridized carbons (Fsp3) is 0.500. The standard InChI is InChI=1S/C20H27NO4/c1-5-24-18(22)17-14-13-16(12-11-15-9-7-6-8-10-15)21(17)19(23)25-20(2,3)4/h6-12,16-17H,5,13-14H2,1-4H3/b12-11+/t16-,17+/m1/s1. The first kappa shape index (κ1) is 19.0. The van der Waals surface area contributed by atoms with Crippen molar-refractivity contribution in [2.24, 2.45) is 0 Å². The molecule has 1 aliphatic rings. The highest BCUT2D eigenvalue weighted by molar-refractivity contribution is 5.83. The van der Waals surface area contributed by atoms with Gasteiger partial charge in [0.05, 0.1) is 12.6 Å². The molecule has 0 aliphatic carbocycles. The minimum Gasteiger partial charge on any atom is -0.464 e. The lowest BCUT2D eigenvalue weighted by atomic mass is 10.1. The van der Waals surface area contributed by atoms with E-state index in [1.807, 2.05) is 63.3 Å². The van der Waals surface area contributed by atoms with Gasteiger partial charge in [-0.05, 0) is 46.1 Å². The summed E-state index contributed by atoms with van der Waals surface area (Å²) in [5, 5.41) is 0. The summed E-state index contributed by atoms with van der Waals surface area (Å²) in [6.07, 6.45) is 4.72. The maximum absolute atomic E-state index is 12.7. The number of carbonyl (C=O) groups is 2. The predicted molar refractivity (Wildman–Crippen MR) is 97.0 cm³/mol. The number of hydrogen-bond acceptors (Lipinski definition) is 4. The molecule has 25 heavy (non-hydrogen) atoms. The summed E-state index contributed by atoms with van der Waals surface area (Å²) in [5.41, 5.74) is 0.429. The Balaban J connectivity index is 2.20. The predicted octanol–water partition coefficient (Wildman–Crippen LogP) is 4.03. The molecular weight excluding hydrogens is 318 g/mol. The van der Waals surface area contributed by atoms with Crippen LogP contribution in [0.25, 0.3) is 6.08 Å². The van der Waals surface area contributed by atoms with Crippen LogP contribution in [-0.4, -0.2) is 41.3 Å². The lowest BCUT2D eigenvalue weighted by Crippen LogP contribution is -2.47. The molecule has 0 unspecified atom stereocenters. The number of hydrogen-bond donors (Lipinski definition) is 0. The molecule has 0 spiro atoms. The molecule has 136 valence electrons. The molecule has 0 saturated carbocycles. The van der Waals surface area contributed by atoms with Gasteiger partial charge < -0.3 is 9.47 Å². The third-order valence-electron chi connectivity index (χ3n) is 3.90. The molecule has 1 aliphatic heterocycles. The zero-order valence-corrected chi connectivity index (χ0v) is 15.4. The Morgan fingerprint density at radius 1 is 1.20 bits per heavy atom. The van der Waals surface area contributed by atoms with Crippen molar-refractivity contribution >= 4 is 18.1 Å². The van der Waals surface area contributed by atoms with Crippen molar-refractivity contribution in [3.63, 3.8) is 0 Å². The molecule has 1 aromatic carbocycles. The summed E-state index contributed by atoms with van der Waals surface area (Å²) in [6.45, 7) is 7.50. The van der Waals surface area contributed by atoms with Crippen LogP contribution in [0.4, 0.5) is 4.79 Å². The summed E-state index contributed by atoms with van der Waals surface area (Å²) in [4.78, 5) is 26.4. The van der Waals surface area contributed by atoms with Gasteiger partial charge in [0.15, 0.2) is 0 Å². The maximum atomic E-state index is 12.7. The van der Waals surface area contributed by atoms with Gasteiger partial charge in [-0.3, -0.25) is 4.90 Å². The molecule has 1 aromatic rings. The van der Waals surface area contributed by atoms with Gasteiger partial charge in [0, 0.05) is 0 Å². The topological polar surface area (TPSA) is 55.8 Å². The van der Waals surface area contributed by atoms with Crippen LogP contribution in [0.5, 0.6) is 0 Å². The fourth-order valence-electron chi connectivity index (χ4n) is 2.86. The van der Waals surface area contributed by atoms with Gasteiger partial charge >= 0.3 is 12.1 Å². The summed E-state index contributed by atoms with van der Waals surface area (Å²) in [7, 11) is 0. The maximum Gasteiger partial charge on any atom is 0.411 e. The average molecular weight is 345 g/mol. The largest absolute Gasteiger partial charge is 0.464 e. The third-order valence-corrected chi connectivity index (χ3v) is 3.90. The Labute approximate surface area is 149 Å². The average Bonchev–Trinajstić information content (AvgIpc) is 2.97. The zero-order chi connectivity index (χ0) is 18.4. The van der Waals surface area contributed by atoms with E-state index in [4.69, 9.17) is 9.47 Å². The molecule has 0 aromatic heterocycles. The first-order chi connectivity index (χ1) is 11.8. The van der Waals surface area contributed by atoms with E-state index in [-0.39, 0.29) is 12.0 Å². The molecule has 1 saturated heterocycles. The molecule has 1 fully saturated rings. The van der Waals surface area contributed by atoms with Crippen molar-refractivity contribution in [2.45, 2.75) is 58.2 Å². The van der Waals surface area contributed by atoms with Crippen molar-refractivity contribution < 1.29 is 19.1 Å². The highest BCUT2D eigenvalue weighted by Gasteiger charge is 2.42. The fourth-order valence-corrected chi connectivity index (χ4v) is 2.86. The van der Waals surface area contributed by atoms with Crippen LogP contribution >= 0.6 is 0 Å². The third kappa shape index (κ3) is 5.34. The highest BCUT2D eigenvalue weighted by Crippen LogP contribution is 2.29. The molecule has 0 radical (unpaired) electrons. The number of ether oxygens (including phenoxy) is 2. The smallest absolute Gasteiger partial charge is 0.411 e. The van der Waals surface area contributed by atoms with Gasteiger partial charge in [-0.25, -0.2) is 9.59 Å². The summed E-state index contributed by atoms with van der Waals surface area (Å²) >= 11 is 0. The van der Waals surface area contributed by atoms with E-state index in [0.717, 1.165) is 5.56 Å². The van der Waals surface area contributed by atoms with Crippen LogP contribution < -0.4 is 0 Å². The van der Waals surface area contributed by atoms with E-state index in [1.165, 1.54) is 4.90 Å². The van der Waals surface area contributed by atoms with E-state index in [1.54, 1.807) is 6.92 Å². The van der Waals surface area contributed by atoms with Gasteiger partial charge in [0.2, 0.25) is 0 Å². The van der Waals surface area contributed by atoms with Crippen molar-refractivity contribution in [3.05, 3.63) is 42.0 Å². The molecular formula is C20H27NO4. The van der Waals surface area contributed by atoms with Crippen LogP contribution in [0.15, 0.2) is 36.4 Å². The van der Waals surface area contributed by atoms with Crippen LogP contribution in [-0.2, 0) is 14.3 Å². The first-order valence-electron chi connectivity index (χ1n) is 8.73. The Hall–Kier alpha value is -2.30. The number of benzene rings is 1.